The lowest BCUT2D eigenvalue weighted by atomic mass is 10.1. The van der Waals surface area contributed by atoms with Gasteiger partial charge < -0.3 is 21.1 Å². The van der Waals surface area contributed by atoms with Crippen LogP contribution in [0.1, 0.15) is 29.8 Å². The van der Waals surface area contributed by atoms with Crippen LogP contribution in [-0.2, 0) is 6.54 Å². The third-order valence-corrected chi connectivity index (χ3v) is 3.72. The number of hydrogen-bond donors (Lipinski definition) is 3. The van der Waals surface area contributed by atoms with Gasteiger partial charge in [-0.25, -0.2) is 9.38 Å². The molecule has 2 rings (SSSR count). The van der Waals surface area contributed by atoms with Crippen molar-refractivity contribution in [1.82, 2.24) is 10.6 Å². The van der Waals surface area contributed by atoms with Crippen LogP contribution < -0.4 is 21.1 Å². The molecule has 0 radical (unpaired) electrons. The van der Waals surface area contributed by atoms with Crippen molar-refractivity contribution in [2.75, 3.05) is 13.1 Å². The molecule has 152 valence electrons. The molecule has 0 heterocycles. The molecule has 8 heteroatoms. The Hall–Kier alpha value is -2.36. The molecule has 28 heavy (non-hydrogen) atoms. The third-order valence-electron chi connectivity index (χ3n) is 3.72. The molecule has 0 aliphatic carbocycles. The smallest absolute Gasteiger partial charge is 0.248 e. The summed E-state index contributed by atoms with van der Waals surface area (Å²) in [7, 11) is 0. The van der Waals surface area contributed by atoms with E-state index in [0.29, 0.717) is 31.2 Å². The maximum Gasteiger partial charge on any atom is 0.248 e. The van der Waals surface area contributed by atoms with Gasteiger partial charge >= 0.3 is 0 Å². The summed E-state index contributed by atoms with van der Waals surface area (Å²) in [5, 5.41) is 6.33. The second-order valence-electron chi connectivity index (χ2n) is 6.00. The first kappa shape index (κ1) is 23.7. The van der Waals surface area contributed by atoms with E-state index < -0.39 is 5.91 Å². The number of aliphatic imine (C=N–C) groups is 1. The Kier molecular flexibility index (Phi) is 10.3. The molecule has 2 aromatic rings. The van der Waals surface area contributed by atoms with E-state index in [1.54, 1.807) is 30.3 Å². The summed E-state index contributed by atoms with van der Waals surface area (Å²) in [6, 6.07) is 13.3. The molecule has 0 fully saturated rings. The van der Waals surface area contributed by atoms with Gasteiger partial charge in [0.05, 0.1) is 13.1 Å². The first-order valence-corrected chi connectivity index (χ1v) is 8.81. The molecule has 4 N–H and O–H groups in total. The number of guanidine groups is 1. The van der Waals surface area contributed by atoms with Crippen LogP contribution in [0.4, 0.5) is 4.39 Å². The van der Waals surface area contributed by atoms with Crippen LogP contribution in [0.15, 0.2) is 53.5 Å². The summed E-state index contributed by atoms with van der Waals surface area (Å²) in [5.74, 6) is 0.0111. The Bertz CT molecular complexity index is 784. The van der Waals surface area contributed by atoms with Gasteiger partial charge in [0, 0.05) is 12.1 Å². The van der Waals surface area contributed by atoms with Crippen LogP contribution in [0.2, 0.25) is 0 Å². The highest BCUT2D eigenvalue weighted by Gasteiger charge is 2.09. The van der Waals surface area contributed by atoms with Crippen molar-refractivity contribution < 1.29 is 13.9 Å². The zero-order valence-electron chi connectivity index (χ0n) is 15.9. The number of para-hydroxylation sites is 1. The van der Waals surface area contributed by atoms with E-state index in [1.165, 1.54) is 6.07 Å². The van der Waals surface area contributed by atoms with E-state index in [9.17, 15) is 9.18 Å². The molecule has 0 spiro atoms. The minimum atomic E-state index is -0.455. The van der Waals surface area contributed by atoms with Gasteiger partial charge in [-0.1, -0.05) is 24.3 Å². The lowest BCUT2D eigenvalue weighted by Gasteiger charge is -2.18. The van der Waals surface area contributed by atoms with Crippen molar-refractivity contribution in [2.45, 2.75) is 26.5 Å². The van der Waals surface area contributed by atoms with Crippen LogP contribution in [-0.4, -0.2) is 31.1 Å². The summed E-state index contributed by atoms with van der Waals surface area (Å²) in [6.07, 6.45) is -0.249. The van der Waals surface area contributed by atoms with Crippen molar-refractivity contribution in [3.63, 3.8) is 0 Å². The highest BCUT2D eigenvalue weighted by molar-refractivity contribution is 14.0. The molecule has 0 bridgehead atoms. The summed E-state index contributed by atoms with van der Waals surface area (Å²) in [5.41, 5.74) is 6.65. The molecule has 0 aromatic heterocycles. The molecular formula is C20H26FIN4O2. The van der Waals surface area contributed by atoms with Crippen LogP contribution in [0.3, 0.4) is 0 Å². The van der Waals surface area contributed by atoms with Gasteiger partial charge in [-0.3, -0.25) is 4.79 Å². The molecule has 1 atom stereocenters. The monoisotopic (exact) mass is 500 g/mol. The lowest BCUT2D eigenvalue weighted by molar-refractivity contribution is 0.100. The Balaban J connectivity index is 0.00000392. The van der Waals surface area contributed by atoms with Crippen molar-refractivity contribution >= 4 is 35.8 Å². The lowest BCUT2D eigenvalue weighted by Crippen LogP contribution is -2.41. The summed E-state index contributed by atoms with van der Waals surface area (Å²) in [4.78, 5) is 15.6. The number of carbonyl (C=O) groups excluding carboxylic acids is 1. The molecule has 1 unspecified atom stereocenters. The van der Waals surface area contributed by atoms with Gasteiger partial charge in [-0.05, 0) is 43.7 Å². The molecule has 0 aliphatic rings. The molecular weight excluding hydrogens is 474 g/mol. The Morgan fingerprint density at radius 1 is 1.18 bits per heavy atom. The maximum atomic E-state index is 13.6. The van der Waals surface area contributed by atoms with Crippen molar-refractivity contribution in [3.05, 3.63) is 65.5 Å². The Morgan fingerprint density at radius 3 is 2.46 bits per heavy atom. The number of ether oxygens (including phenoxy) is 1. The first-order valence-electron chi connectivity index (χ1n) is 8.81. The van der Waals surface area contributed by atoms with Gasteiger partial charge in [0.15, 0.2) is 17.5 Å². The van der Waals surface area contributed by atoms with Gasteiger partial charge in [0.25, 0.3) is 0 Å². The number of rotatable bonds is 8. The van der Waals surface area contributed by atoms with E-state index in [1.807, 2.05) is 26.0 Å². The fourth-order valence-electron chi connectivity index (χ4n) is 2.33. The number of primary amides is 1. The summed E-state index contributed by atoms with van der Waals surface area (Å²) < 4.78 is 19.3. The Labute approximate surface area is 181 Å². The van der Waals surface area contributed by atoms with E-state index in [-0.39, 0.29) is 41.6 Å². The topological polar surface area (TPSA) is 88.7 Å². The SMILES string of the molecule is CCNC(=NCc1ccc(C(N)=O)cc1)NCC(C)Oc1ccccc1F.I. The molecule has 0 saturated heterocycles. The molecule has 0 aliphatic heterocycles. The standard InChI is InChI=1S/C20H25FN4O2.HI/c1-3-23-20(25-13-15-8-10-16(11-9-15)19(22)26)24-12-14(2)27-18-7-5-4-6-17(18)21;/h4-11,14H,3,12-13H2,1-2H3,(H2,22,26)(H2,23,24,25);1H. The minimum Gasteiger partial charge on any atom is -0.486 e. The van der Waals surface area contributed by atoms with E-state index in [4.69, 9.17) is 10.5 Å². The number of nitrogens with two attached hydrogens (primary N) is 1. The van der Waals surface area contributed by atoms with Gasteiger partial charge in [0.1, 0.15) is 6.10 Å². The maximum absolute atomic E-state index is 13.6. The van der Waals surface area contributed by atoms with Crippen LogP contribution in [0, 0.1) is 5.82 Å². The average Bonchev–Trinajstić information content (AvgIpc) is 2.66. The molecule has 2 aromatic carbocycles. The third kappa shape index (κ3) is 7.71. The number of benzene rings is 2. The van der Waals surface area contributed by atoms with Crippen molar-refractivity contribution in [3.8, 4) is 5.75 Å². The number of halogens is 2. The predicted octanol–water partition coefficient (Wildman–Crippen LogP) is 3.07. The number of carbonyl (C=O) groups is 1. The fraction of sp³-hybridized carbons (Fsp3) is 0.300. The van der Waals surface area contributed by atoms with Crippen molar-refractivity contribution in [1.29, 1.82) is 0 Å². The fourth-order valence-corrected chi connectivity index (χ4v) is 2.33. The van der Waals surface area contributed by atoms with Gasteiger partial charge in [-0.15, -0.1) is 24.0 Å². The normalized spacial score (nSPS) is 11.9. The van der Waals surface area contributed by atoms with E-state index in [0.717, 1.165) is 5.56 Å². The number of amides is 1. The zero-order valence-corrected chi connectivity index (χ0v) is 18.3. The van der Waals surface area contributed by atoms with Crippen LogP contribution in [0.25, 0.3) is 0 Å². The van der Waals surface area contributed by atoms with E-state index in [2.05, 4.69) is 15.6 Å². The van der Waals surface area contributed by atoms with Gasteiger partial charge in [0.2, 0.25) is 5.91 Å². The molecule has 1 amide bonds. The quantitative estimate of drug-likeness (QED) is 0.296. The largest absolute Gasteiger partial charge is 0.486 e. The van der Waals surface area contributed by atoms with Crippen LogP contribution >= 0.6 is 24.0 Å². The minimum absolute atomic E-state index is 0. The number of nitrogens with zero attached hydrogens (tertiary/aromatic N) is 1. The summed E-state index contributed by atoms with van der Waals surface area (Å²) in [6.45, 7) is 5.43. The second-order valence-corrected chi connectivity index (χ2v) is 6.00. The summed E-state index contributed by atoms with van der Waals surface area (Å²) >= 11 is 0. The number of nitrogens with one attached hydrogen (secondary N) is 2. The van der Waals surface area contributed by atoms with Gasteiger partial charge in [-0.2, -0.15) is 0 Å². The highest BCUT2D eigenvalue weighted by atomic mass is 127. The Morgan fingerprint density at radius 2 is 1.86 bits per heavy atom. The number of hydrogen-bond acceptors (Lipinski definition) is 3. The second kappa shape index (κ2) is 12.2. The average molecular weight is 500 g/mol. The highest BCUT2D eigenvalue weighted by Crippen LogP contribution is 2.16. The molecule has 0 saturated carbocycles. The van der Waals surface area contributed by atoms with E-state index >= 15 is 0 Å². The molecule has 6 nitrogen and oxygen atoms in total. The van der Waals surface area contributed by atoms with Crippen molar-refractivity contribution in [2.24, 2.45) is 10.7 Å². The van der Waals surface area contributed by atoms with Crippen LogP contribution in [0.5, 0.6) is 5.75 Å². The predicted molar refractivity (Wildman–Crippen MR) is 120 cm³/mol. The zero-order chi connectivity index (χ0) is 19.6. The first-order chi connectivity index (χ1) is 13.0.